The average Bonchev–Trinajstić information content (AvgIpc) is 3.46. The number of amides is 1. The van der Waals surface area contributed by atoms with Crippen molar-refractivity contribution < 1.29 is 9.53 Å². The third-order valence-corrected chi connectivity index (χ3v) is 8.20. The Bertz CT molecular complexity index is 1680. The normalized spacial score (nSPS) is 11.4. The zero-order valence-electron chi connectivity index (χ0n) is 21.6. The number of anilines is 1. The van der Waals surface area contributed by atoms with Crippen LogP contribution in [0.5, 0.6) is 5.75 Å². The maximum absolute atomic E-state index is 13.2. The van der Waals surface area contributed by atoms with Crippen molar-refractivity contribution in [3.8, 4) is 45.5 Å². The maximum Gasteiger partial charge on any atom is 0.239 e. The molecule has 0 spiro atoms. The second-order valence-corrected chi connectivity index (χ2v) is 11.4. The molecular formula is C31H23ClN4O2S2. The van der Waals surface area contributed by atoms with E-state index in [0.717, 1.165) is 33.7 Å². The minimum absolute atomic E-state index is 0.233. The van der Waals surface area contributed by atoms with Crippen LogP contribution in [0.2, 0.25) is 5.02 Å². The summed E-state index contributed by atoms with van der Waals surface area (Å²) in [5, 5.41) is 16.1. The third kappa shape index (κ3) is 6.18. The lowest BCUT2D eigenvalue weighted by molar-refractivity contribution is -0.115. The first-order chi connectivity index (χ1) is 19.4. The van der Waals surface area contributed by atoms with Crippen molar-refractivity contribution >= 4 is 45.7 Å². The quantitative estimate of drug-likeness (QED) is 0.186. The predicted octanol–water partition coefficient (Wildman–Crippen LogP) is 8.19. The van der Waals surface area contributed by atoms with Gasteiger partial charge in [0.2, 0.25) is 5.91 Å². The summed E-state index contributed by atoms with van der Waals surface area (Å²) in [7, 11) is 1.61. The van der Waals surface area contributed by atoms with Crippen molar-refractivity contribution in [1.82, 2.24) is 9.97 Å². The Labute approximate surface area is 245 Å². The highest BCUT2D eigenvalue weighted by atomic mass is 35.5. The third-order valence-electron chi connectivity index (χ3n) is 6.10. The number of thiazole rings is 1. The SMILES string of the molecule is COc1ccc(-c2cc(-c3ccccc3)nc(SC(C)C(=O)Nc3nc(-c4ccc(Cl)cc4)cs3)c2C#N)cc1. The molecule has 1 atom stereocenters. The second-order valence-electron chi connectivity index (χ2n) is 8.74. The average molecular weight is 583 g/mol. The molecule has 1 N–H and O–H groups in total. The van der Waals surface area contributed by atoms with E-state index in [-0.39, 0.29) is 5.91 Å². The van der Waals surface area contributed by atoms with E-state index in [2.05, 4.69) is 16.4 Å². The molecule has 1 amide bonds. The fourth-order valence-electron chi connectivity index (χ4n) is 3.98. The first-order valence-corrected chi connectivity index (χ1v) is 14.4. The van der Waals surface area contributed by atoms with Gasteiger partial charge in [-0.3, -0.25) is 4.79 Å². The lowest BCUT2D eigenvalue weighted by Gasteiger charge is -2.15. The summed E-state index contributed by atoms with van der Waals surface area (Å²) in [5.74, 6) is 0.490. The van der Waals surface area contributed by atoms with Gasteiger partial charge in [-0.25, -0.2) is 9.97 Å². The zero-order chi connectivity index (χ0) is 28.1. The molecule has 2 heterocycles. The lowest BCUT2D eigenvalue weighted by Crippen LogP contribution is -2.22. The number of carbonyl (C=O) groups is 1. The number of hydrogen-bond acceptors (Lipinski definition) is 7. The molecule has 3 aromatic carbocycles. The van der Waals surface area contributed by atoms with Gasteiger partial charge in [-0.1, -0.05) is 78.0 Å². The molecule has 0 bridgehead atoms. The van der Waals surface area contributed by atoms with Crippen molar-refractivity contribution in [1.29, 1.82) is 5.26 Å². The van der Waals surface area contributed by atoms with E-state index in [9.17, 15) is 10.1 Å². The molecule has 1 unspecified atom stereocenters. The van der Waals surface area contributed by atoms with Crippen LogP contribution in [0.3, 0.4) is 0 Å². The van der Waals surface area contributed by atoms with Crippen LogP contribution in [0.25, 0.3) is 33.6 Å². The Morgan fingerprint density at radius 2 is 1.65 bits per heavy atom. The molecule has 5 rings (SSSR count). The van der Waals surface area contributed by atoms with E-state index in [1.54, 1.807) is 26.2 Å². The van der Waals surface area contributed by atoms with Gasteiger partial charge in [0.05, 0.1) is 29.3 Å². The number of pyridine rings is 1. The lowest BCUT2D eigenvalue weighted by atomic mass is 9.99. The number of rotatable bonds is 8. The minimum Gasteiger partial charge on any atom is -0.497 e. The van der Waals surface area contributed by atoms with E-state index >= 15 is 0 Å². The highest BCUT2D eigenvalue weighted by Gasteiger charge is 2.22. The van der Waals surface area contributed by atoms with Crippen LogP contribution < -0.4 is 10.1 Å². The molecule has 0 fully saturated rings. The summed E-state index contributed by atoms with van der Waals surface area (Å²) in [6, 6.07) is 28.9. The van der Waals surface area contributed by atoms with Crippen LogP contribution in [0, 0.1) is 11.3 Å². The van der Waals surface area contributed by atoms with Crippen molar-refractivity contribution in [2.45, 2.75) is 17.2 Å². The molecule has 2 aromatic heterocycles. The van der Waals surface area contributed by atoms with Gasteiger partial charge in [-0.15, -0.1) is 11.3 Å². The van der Waals surface area contributed by atoms with Gasteiger partial charge in [0.1, 0.15) is 16.8 Å². The number of methoxy groups -OCH3 is 1. The summed E-state index contributed by atoms with van der Waals surface area (Å²) in [6.07, 6.45) is 0. The summed E-state index contributed by atoms with van der Waals surface area (Å²) in [5.41, 5.74) is 5.30. The number of hydrogen-bond donors (Lipinski definition) is 1. The molecule has 0 aliphatic carbocycles. The Hall–Kier alpha value is -4.16. The number of ether oxygens (including phenoxy) is 1. The number of thioether (sulfide) groups is 1. The van der Waals surface area contributed by atoms with Crippen LogP contribution in [0.4, 0.5) is 5.13 Å². The summed E-state index contributed by atoms with van der Waals surface area (Å²) >= 11 is 8.58. The van der Waals surface area contributed by atoms with Gasteiger partial charge >= 0.3 is 0 Å². The van der Waals surface area contributed by atoms with Crippen LogP contribution in [0.15, 0.2) is 95.3 Å². The van der Waals surface area contributed by atoms with Crippen LogP contribution in [0.1, 0.15) is 12.5 Å². The molecule has 0 aliphatic heterocycles. The summed E-state index contributed by atoms with van der Waals surface area (Å²) in [4.78, 5) is 22.6. The topological polar surface area (TPSA) is 87.9 Å². The largest absolute Gasteiger partial charge is 0.497 e. The van der Waals surface area contributed by atoms with Gasteiger partial charge in [0, 0.05) is 27.1 Å². The molecule has 0 saturated carbocycles. The van der Waals surface area contributed by atoms with E-state index in [4.69, 9.17) is 21.3 Å². The van der Waals surface area contributed by atoms with Gasteiger partial charge in [-0.05, 0) is 42.8 Å². The standard InChI is InChI=1S/C31H23ClN4O2S2/c1-19(29(37)36-31-35-28(18-39-31)22-8-12-23(32)13-9-22)40-30-26(17-33)25(20-10-14-24(38-2)15-11-20)16-27(34-30)21-6-4-3-5-7-21/h3-16,18-19H,1-2H3,(H,35,36,37). The molecular weight excluding hydrogens is 560 g/mol. The predicted molar refractivity (Wildman–Crippen MR) is 163 cm³/mol. The Kier molecular flexibility index (Phi) is 8.46. The van der Waals surface area contributed by atoms with Crippen LogP contribution in [-0.2, 0) is 4.79 Å². The van der Waals surface area contributed by atoms with Crippen molar-refractivity contribution in [3.63, 3.8) is 0 Å². The highest BCUT2D eigenvalue weighted by molar-refractivity contribution is 8.00. The van der Waals surface area contributed by atoms with Crippen LogP contribution >= 0.6 is 34.7 Å². The number of aromatic nitrogens is 2. The number of carbonyl (C=O) groups excluding carboxylic acids is 1. The molecule has 6 nitrogen and oxygen atoms in total. The van der Waals surface area contributed by atoms with Crippen molar-refractivity contribution in [2.24, 2.45) is 0 Å². The molecule has 0 aliphatic rings. The molecule has 40 heavy (non-hydrogen) atoms. The van der Waals surface area contributed by atoms with E-state index in [1.807, 2.05) is 78.2 Å². The number of nitrogens with one attached hydrogen (secondary N) is 1. The molecule has 198 valence electrons. The Morgan fingerprint density at radius 3 is 2.33 bits per heavy atom. The summed E-state index contributed by atoms with van der Waals surface area (Å²) in [6.45, 7) is 1.79. The van der Waals surface area contributed by atoms with E-state index < -0.39 is 5.25 Å². The van der Waals surface area contributed by atoms with Gasteiger partial charge in [0.25, 0.3) is 0 Å². The monoisotopic (exact) mass is 582 g/mol. The molecule has 9 heteroatoms. The zero-order valence-corrected chi connectivity index (χ0v) is 24.0. The smallest absolute Gasteiger partial charge is 0.239 e. The fourth-order valence-corrected chi connectivity index (χ4v) is 5.76. The Morgan fingerprint density at radius 1 is 0.975 bits per heavy atom. The van der Waals surface area contributed by atoms with Gasteiger partial charge in [0.15, 0.2) is 5.13 Å². The van der Waals surface area contributed by atoms with Crippen LogP contribution in [-0.4, -0.2) is 28.2 Å². The second kappa shape index (κ2) is 12.3. The van der Waals surface area contributed by atoms with Crippen molar-refractivity contribution in [2.75, 3.05) is 12.4 Å². The molecule has 0 radical (unpaired) electrons. The van der Waals surface area contributed by atoms with Gasteiger partial charge < -0.3 is 10.1 Å². The Balaban J connectivity index is 1.43. The highest BCUT2D eigenvalue weighted by Crippen LogP contribution is 2.36. The first-order valence-electron chi connectivity index (χ1n) is 12.3. The molecule has 0 saturated heterocycles. The molecule has 5 aromatic rings. The van der Waals surface area contributed by atoms with E-state index in [0.29, 0.717) is 26.4 Å². The summed E-state index contributed by atoms with van der Waals surface area (Å²) < 4.78 is 5.30. The van der Waals surface area contributed by atoms with Gasteiger partial charge in [-0.2, -0.15) is 5.26 Å². The number of benzene rings is 3. The number of nitriles is 1. The minimum atomic E-state index is -0.544. The maximum atomic E-state index is 13.2. The first kappa shape index (κ1) is 27.4. The van der Waals surface area contributed by atoms with E-state index in [1.165, 1.54) is 23.1 Å². The fraction of sp³-hybridized carbons (Fsp3) is 0.0968. The number of nitrogens with zero attached hydrogens (tertiary/aromatic N) is 3. The van der Waals surface area contributed by atoms with Crippen molar-refractivity contribution in [3.05, 3.63) is 101 Å². The number of halogens is 1.